The number of amides is 1. The van der Waals surface area contributed by atoms with Crippen LogP contribution in [-0.2, 0) is 0 Å². The van der Waals surface area contributed by atoms with E-state index >= 15 is 0 Å². The van der Waals surface area contributed by atoms with Crippen LogP contribution in [-0.4, -0.2) is 41.7 Å². The Bertz CT molecular complexity index is 487. The number of hydrogen-bond acceptors (Lipinski definition) is 3. The Hall–Kier alpha value is -1.55. The molecule has 0 bridgehead atoms. The van der Waals surface area contributed by atoms with Crippen molar-refractivity contribution in [1.29, 1.82) is 0 Å². The molecule has 1 aliphatic heterocycles. The van der Waals surface area contributed by atoms with Crippen LogP contribution in [0.1, 0.15) is 36.2 Å². The van der Waals surface area contributed by atoms with Gasteiger partial charge in [-0.2, -0.15) is 0 Å². The SMILES string of the molecule is CCNc1ccc(C(=O)N2CCC(C)C2CO)c(C)c1. The topological polar surface area (TPSA) is 52.6 Å². The number of aryl methyl sites for hydroxylation is 1. The summed E-state index contributed by atoms with van der Waals surface area (Å²) in [6.07, 6.45) is 0.964. The number of likely N-dealkylation sites (tertiary alicyclic amines) is 1. The van der Waals surface area contributed by atoms with Crippen LogP contribution < -0.4 is 5.32 Å². The smallest absolute Gasteiger partial charge is 0.254 e. The van der Waals surface area contributed by atoms with Crippen LogP contribution in [0.3, 0.4) is 0 Å². The maximum atomic E-state index is 12.6. The van der Waals surface area contributed by atoms with Crippen LogP contribution in [0.25, 0.3) is 0 Å². The standard InChI is InChI=1S/C16H24N2O2/c1-4-17-13-5-6-14(12(3)9-13)16(20)18-8-7-11(2)15(18)10-19/h5-6,9,11,15,17,19H,4,7-8,10H2,1-3H3. The molecule has 2 atom stereocenters. The first-order valence-corrected chi connectivity index (χ1v) is 7.34. The molecule has 0 radical (unpaired) electrons. The van der Waals surface area contributed by atoms with E-state index in [1.165, 1.54) is 0 Å². The number of hydrogen-bond donors (Lipinski definition) is 2. The van der Waals surface area contributed by atoms with Gasteiger partial charge in [-0.15, -0.1) is 0 Å². The molecular weight excluding hydrogens is 252 g/mol. The van der Waals surface area contributed by atoms with Crippen LogP contribution in [0.15, 0.2) is 18.2 Å². The van der Waals surface area contributed by atoms with Gasteiger partial charge < -0.3 is 15.3 Å². The lowest BCUT2D eigenvalue weighted by Crippen LogP contribution is -2.40. The molecule has 20 heavy (non-hydrogen) atoms. The molecule has 110 valence electrons. The maximum Gasteiger partial charge on any atom is 0.254 e. The lowest BCUT2D eigenvalue weighted by Gasteiger charge is -2.26. The van der Waals surface area contributed by atoms with Gasteiger partial charge in [-0.25, -0.2) is 0 Å². The number of benzene rings is 1. The summed E-state index contributed by atoms with van der Waals surface area (Å²) in [7, 11) is 0. The summed E-state index contributed by atoms with van der Waals surface area (Å²) in [5.74, 6) is 0.402. The monoisotopic (exact) mass is 276 g/mol. The van der Waals surface area contributed by atoms with E-state index in [1.807, 2.05) is 36.9 Å². The van der Waals surface area contributed by atoms with E-state index in [9.17, 15) is 9.90 Å². The van der Waals surface area contributed by atoms with Gasteiger partial charge in [0, 0.05) is 24.3 Å². The van der Waals surface area contributed by atoms with Crippen LogP contribution in [0.2, 0.25) is 0 Å². The number of carbonyl (C=O) groups excluding carboxylic acids is 1. The van der Waals surface area contributed by atoms with Gasteiger partial charge >= 0.3 is 0 Å². The highest BCUT2D eigenvalue weighted by molar-refractivity contribution is 5.96. The second kappa shape index (κ2) is 6.27. The number of nitrogens with one attached hydrogen (secondary N) is 1. The average molecular weight is 276 g/mol. The fourth-order valence-electron chi connectivity index (χ4n) is 2.91. The molecule has 1 saturated heterocycles. The normalized spacial score (nSPS) is 22.1. The van der Waals surface area contributed by atoms with E-state index in [2.05, 4.69) is 12.2 Å². The largest absolute Gasteiger partial charge is 0.394 e. The Kier molecular flexibility index (Phi) is 4.65. The third-order valence-electron chi connectivity index (χ3n) is 4.17. The Morgan fingerprint density at radius 3 is 2.85 bits per heavy atom. The maximum absolute atomic E-state index is 12.6. The first-order valence-electron chi connectivity index (χ1n) is 7.34. The predicted molar refractivity (Wildman–Crippen MR) is 81.0 cm³/mol. The quantitative estimate of drug-likeness (QED) is 0.887. The Morgan fingerprint density at radius 1 is 1.50 bits per heavy atom. The number of aliphatic hydroxyl groups excluding tert-OH is 1. The Balaban J connectivity index is 2.21. The number of rotatable bonds is 4. The molecule has 1 aliphatic rings. The van der Waals surface area contributed by atoms with E-state index < -0.39 is 0 Å². The minimum absolute atomic E-state index is 0.0361. The number of anilines is 1. The fraction of sp³-hybridized carbons (Fsp3) is 0.562. The predicted octanol–water partition coefficient (Wildman–Crippen LogP) is 2.27. The molecule has 2 unspecified atom stereocenters. The molecule has 2 rings (SSSR count). The molecule has 1 heterocycles. The van der Waals surface area contributed by atoms with Crippen molar-refractivity contribution in [3.8, 4) is 0 Å². The van der Waals surface area contributed by atoms with Crippen LogP contribution in [0, 0.1) is 12.8 Å². The van der Waals surface area contributed by atoms with E-state index in [-0.39, 0.29) is 18.6 Å². The molecule has 1 aromatic carbocycles. The van der Waals surface area contributed by atoms with Gasteiger partial charge in [0.05, 0.1) is 12.6 Å². The zero-order chi connectivity index (χ0) is 14.7. The summed E-state index contributed by atoms with van der Waals surface area (Å²) in [6.45, 7) is 7.74. The van der Waals surface area contributed by atoms with Gasteiger partial charge in [-0.3, -0.25) is 4.79 Å². The van der Waals surface area contributed by atoms with E-state index in [4.69, 9.17) is 0 Å². The van der Waals surface area contributed by atoms with Crippen molar-refractivity contribution in [2.45, 2.75) is 33.2 Å². The summed E-state index contributed by atoms with van der Waals surface area (Å²) in [5.41, 5.74) is 2.75. The first kappa shape index (κ1) is 14.9. The molecule has 0 aromatic heterocycles. The lowest BCUT2D eigenvalue weighted by molar-refractivity contribution is 0.0647. The van der Waals surface area contributed by atoms with Crippen molar-refractivity contribution in [3.05, 3.63) is 29.3 Å². The van der Waals surface area contributed by atoms with Gasteiger partial charge in [0.1, 0.15) is 0 Å². The van der Waals surface area contributed by atoms with Crippen LogP contribution >= 0.6 is 0 Å². The van der Waals surface area contributed by atoms with E-state index in [0.717, 1.165) is 36.3 Å². The third-order valence-corrected chi connectivity index (χ3v) is 4.17. The van der Waals surface area contributed by atoms with Gasteiger partial charge in [-0.1, -0.05) is 6.92 Å². The summed E-state index contributed by atoms with van der Waals surface area (Å²) < 4.78 is 0. The summed E-state index contributed by atoms with van der Waals surface area (Å²) in [6, 6.07) is 5.78. The van der Waals surface area contributed by atoms with Gasteiger partial charge in [0.25, 0.3) is 5.91 Å². The van der Waals surface area contributed by atoms with E-state index in [1.54, 1.807) is 0 Å². The van der Waals surface area contributed by atoms with Crippen molar-refractivity contribution in [1.82, 2.24) is 4.90 Å². The lowest BCUT2D eigenvalue weighted by atomic mass is 10.0. The van der Waals surface area contributed by atoms with Crippen molar-refractivity contribution in [2.75, 3.05) is 25.0 Å². The molecule has 2 N–H and O–H groups in total. The average Bonchev–Trinajstić information content (AvgIpc) is 2.79. The number of carbonyl (C=O) groups is 1. The van der Waals surface area contributed by atoms with Gasteiger partial charge in [0.2, 0.25) is 0 Å². The second-order valence-corrected chi connectivity index (χ2v) is 5.57. The molecule has 4 nitrogen and oxygen atoms in total. The highest BCUT2D eigenvalue weighted by atomic mass is 16.3. The molecule has 0 spiro atoms. The number of nitrogens with zero attached hydrogens (tertiary/aromatic N) is 1. The first-order chi connectivity index (χ1) is 9.58. The summed E-state index contributed by atoms with van der Waals surface area (Å²) >= 11 is 0. The van der Waals surface area contributed by atoms with Crippen molar-refractivity contribution < 1.29 is 9.90 Å². The third kappa shape index (κ3) is 2.80. The van der Waals surface area contributed by atoms with Crippen LogP contribution in [0.5, 0.6) is 0 Å². The van der Waals surface area contributed by atoms with Crippen molar-refractivity contribution >= 4 is 11.6 Å². The van der Waals surface area contributed by atoms with Crippen LogP contribution in [0.4, 0.5) is 5.69 Å². The summed E-state index contributed by atoms with van der Waals surface area (Å²) in [5, 5.41) is 12.7. The highest BCUT2D eigenvalue weighted by Gasteiger charge is 2.34. The Labute approximate surface area is 120 Å². The second-order valence-electron chi connectivity index (χ2n) is 5.57. The highest BCUT2D eigenvalue weighted by Crippen LogP contribution is 2.26. The van der Waals surface area contributed by atoms with Crippen molar-refractivity contribution in [3.63, 3.8) is 0 Å². The summed E-state index contributed by atoms with van der Waals surface area (Å²) in [4.78, 5) is 14.5. The zero-order valence-corrected chi connectivity index (χ0v) is 12.5. The van der Waals surface area contributed by atoms with E-state index in [0.29, 0.717) is 5.92 Å². The molecule has 1 fully saturated rings. The minimum Gasteiger partial charge on any atom is -0.394 e. The number of aliphatic hydroxyl groups is 1. The van der Waals surface area contributed by atoms with Gasteiger partial charge in [-0.05, 0) is 49.9 Å². The molecule has 1 aromatic rings. The Morgan fingerprint density at radius 2 is 2.25 bits per heavy atom. The molecular formula is C16H24N2O2. The minimum atomic E-state index is -0.0460. The molecule has 1 amide bonds. The molecule has 4 heteroatoms. The fourth-order valence-corrected chi connectivity index (χ4v) is 2.91. The molecule has 0 aliphatic carbocycles. The molecule has 0 saturated carbocycles. The van der Waals surface area contributed by atoms with Gasteiger partial charge in [0.15, 0.2) is 0 Å². The zero-order valence-electron chi connectivity index (χ0n) is 12.5. The van der Waals surface area contributed by atoms with Crippen molar-refractivity contribution in [2.24, 2.45) is 5.92 Å².